The van der Waals surface area contributed by atoms with E-state index in [1.54, 1.807) is 0 Å². The molecule has 1 saturated carbocycles. The lowest BCUT2D eigenvalue weighted by Gasteiger charge is -2.34. The molecular weight excluding hydrogens is 204 g/mol. The van der Waals surface area contributed by atoms with E-state index in [1.807, 2.05) is 4.90 Å². The van der Waals surface area contributed by atoms with Gasteiger partial charge in [-0.15, -0.1) is 0 Å². The van der Waals surface area contributed by atoms with E-state index in [0.29, 0.717) is 6.61 Å². The molecule has 1 aliphatic heterocycles. The van der Waals surface area contributed by atoms with Gasteiger partial charge in [0, 0.05) is 19.6 Å². The van der Waals surface area contributed by atoms with Gasteiger partial charge in [0.15, 0.2) is 0 Å². The van der Waals surface area contributed by atoms with Gasteiger partial charge in [0.05, 0.1) is 13.2 Å². The van der Waals surface area contributed by atoms with Crippen molar-refractivity contribution >= 4 is 5.91 Å². The van der Waals surface area contributed by atoms with Crippen LogP contribution in [0.5, 0.6) is 0 Å². The molecule has 1 heterocycles. The van der Waals surface area contributed by atoms with Crippen molar-refractivity contribution < 1.29 is 9.53 Å². The van der Waals surface area contributed by atoms with Gasteiger partial charge in [0.2, 0.25) is 5.91 Å². The summed E-state index contributed by atoms with van der Waals surface area (Å²) < 4.78 is 5.33. The number of rotatable bonds is 4. The first-order valence-electron chi connectivity index (χ1n) is 6.41. The lowest BCUT2D eigenvalue weighted by atomic mass is 9.85. The van der Waals surface area contributed by atoms with Crippen molar-refractivity contribution in [2.24, 2.45) is 5.92 Å². The van der Waals surface area contributed by atoms with Gasteiger partial charge in [-0.05, 0) is 25.7 Å². The summed E-state index contributed by atoms with van der Waals surface area (Å²) in [6, 6.07) is -0.117. The minimum Gasteiger partial charge on any atom is -0.378 e. The van der Waals surface area contributed by atoms with Gasteiger partial charge in [-0.2, -0.15) is 0 Å². The van der Waals surface area contributed by atoms with E-state index in [-0.39, 0.29) is 11.9 Å². The second-order valence-corrected chi connectivity index (χ2v) is 4.76. The fourth-order valence-electron chi connectivity index (χ4n) is 2.31. The Labute approximate surface area is 97.3 Å². The van der Waals surface area contributed by atoms with Crippen LogP contribution in [0.4, 0.5) is 0 Å². The van der Waals surface area contributed by atoms with Crippen molar-refractivity contribution in [2.45, 2.75) is 32.2 Å². The second-order valence-electron chi connectivity index (χ2n) is 4.76. The zero-order valence-corrected chi connectivity index (χ0v) is 10.1. The number of nitrogens with zero attached hydrogens (tertiary/aromatic N) is 1. The number of ether oxygens (including phenoxy) is 1. The van der Waals surface area contributed by atoms with E-state index in [0.717, 1.165) is 32.2 Å². The first-order valence-corrected chi connectivity index (χ1v) is 6.41. The molecule has 92 valence electrons. The van der Waals surface area contributed by atoms with Crippen molar-refractivity contribution in [3.05, 3.63) is 0 Å². The summed E-state index contributed by atoms with van der Waals surface area (Å²) in [5.41, 5.74) is 0. The Balaban J connectivity index is 1.83. The Bertz CT molecular complexity index is 235. The van der Waals surface area contributed by atoms with Crippen LogP contribution in [0.15, 0.2) is 0 Å². The zero-order chi connectivity index (χ0) is 11.4. The number of amides is 1. The lowest BCUT2D eigenvalue weighted by molar-refractivity contribution is -0.137. The number of likely N-dealkylation sites (N-methyl/N-ethyl adjacent to an activating group) is 1. The molecule has 2 rings (SSSR count). The van der Waals surface area contributed by atoms with Crippen molar-refractivity contribution in [2.75, 3.05) is 32.8 Å². The first-order chi connectivity index (χ1) is 7.81. The van der Waals surface area contributed by atoms with E-state index >= 15 is 0 Å². The average Bonchev–Trinajstić information content (AvgIpc) is 2.28. The fraction of sp³-hybridized carbons (Fsp3) is 0.917. The molecular formula is C12H22N2O2. The summed E-state index contributed by atoms with van der Waals surface area (Å²) in [5.74, 6) is 0.961. The molecule has 2 aliphatic rings. The molecule has 1 aliphatic carbocycles. The SMILES string of the molecule is CCN(CC1CCC1)C(=O)C1COCCN1. The van der Waals surface area contributed by atoms with Crippen molar-refractivity contribution in [1.82, 2.24) is 10.2 Å². The van der Waals surface area contributed by atoms with Gasteiger partial charge < -0.3 is 15.0 Å². The number of carbonyl (C=O) groups excluding carboxylic acids is 1. The molecule has 1 saturated heterocycles. The van der Waals surface area contributed by atoms with Crippen LogP contribution in [0.3, 0.4) is 0 Å². The van der Waals surface area contributed by atoms with E-state index in [1.165, 1.54) is 19.3 Å². The minimum absolute atomic E-state index is 0.117. The van der Waals surface area contributed by atoms with Gasteiger partial charge in [-0.25, -0.2) is 0 Å². The van der Waals surface area contributed by atoms with E-state index in [4.69, 9.17) is 4.74 Å². The topological polar surface area (TPSA) is 41.6 Å². The van der Waals surface area contributed by atoms with Crippen molar-refractivity contribution in [3.63, 3.8) is 0 Å². The molecule has 0 radical (unpaired) electrons. The number of hydrogen-bond acceptors (Lipinski definition) is 3. The Morgan fingerprint density at radius 3 is 2.81 bits per heavy atom. The van der Waals surface area contributed by atoms with E-state index in [9.17, 15) is 4.79 Å². The van der Waals surface area contributed by atoms with Crippen LogP contribution < -0.4 is 5.32 Å². The summed E-state index contributed by atoms with van der Waals surface area (Å²) >= 11 is 0. The molecule has 0 spiro atoms. The van der Waals surface area contributed by atoms with Gasteiger partial charge in [0.1, 0.15) is 6.04 Å². The number of nitrogens with one attached hydrogen (secondary N) is 1. The zero-order valence-electron chi connectivity index (χ0n) is 10.1. The third-order valence-corrected chi connectivity index (χ3v) is 3.62. The van der Waals surface area contributed by atoms with E-state index in [2.05, 4.69) is 12.2 Å². The molecule has 4 heteroatoms. The number of morpholine rings is 1. The molecule has 0 aromatic carbocycles. The molecule has 0 bridgehead atoms. The lowest BCUT2D eigenvalue weighted by Crippen LogP contribution is -2.53. The number of carbonyl (C=O) groups is 1. The second kappa shape index (κ2) is 5.64. The Morgan fingerprint density at radius 2 is 2.31 bits per heavy atom. The van der Waals surface area contributed by atoms with E-state index < -0.39 is 0 Å². The van der Waals surface area contributed by atoms with Gasteiger partial charge in [-0.3, -0.25) is 4.79 Å². The van der Waals surface area contributed by atoms with Crippen molar-refractivity contribution in [1.29, 1.82) is 0 Å². The standard InChI is InChI=1S/C12H22N2O2/c1-2-14(8-10-4-3-5-10)12(15)11-9-16-7-6-13-11/h10-11,13H,2-9H2,1H3. The first kappa shape index (κ1) is 11.9. The highest BCUT2D eigenvalue weighted by molar-refractivity contribution is 5.82. The summed E-state index contributed by atoms with van der Waals surface area (Å²) in [5, 5.41) is 3.23. The highest BCUT2D eigenvalue weighted by atomic mass is 16.5. The summed E-state index contributed by atoms with van der Waals surface area (Å²) in [7, 11) is 0. The summed E-state index contributed by atoms with van der Waals surface area (Å²) in [6.45, 7) is 5.84. The molecule has 1 N–H and O–H groups in total. The largest absolute Gasteiger partial charge is 0.378 e. The summed E-state index contributed by atoms with van der Waals surface area (Å²) in [4.78, 5) is 14.2. The third kappa shape index (κ3) is 2.74. The van der Waals surface area contributed by atoms with Crippen LogP contribution in [-0.4, -0.2) is 49.7 Å². The Hall–Kier alpha value is -0.610. The normalized spacial score (nSPS) is 26.2. The van der Waals surface area contributed by atoms with Crippen LogP contribution in [0.1, 0.15) is 26.2 Å². The maximum atomic E-state index is 12.2. The van der Waals surface area contributed by atoms with Crippen LogP contribution >= 0.6 is 0 Å². The molecule has 2 fully saturated rings. The monoisotopic (exact) mass is 226 g/mol. The maximum Gasteiger partial charge on any atom is 0.242 e. The smallest absolute Gasteiger partial charge is 0.242 e. The molecule has 4 nitrogen and oxygen atoms in total. The molecule has 0 aromatic heterocycles. The predicted molar refractivity (Wildman–Crippen MR) is 62.2 cm³/mol. The maximum absolute atomic E-state index is 12.2. The average molecular weight is 226 g/mol. The van der Waals surface area contributed by atoms with Crippen LogP contribution in [-0.2, 0) is 9.53 Å². The minimum atomic E-state index is -0.117. The fourth-order valence-corrected chi connectivity index (χ4v) is 2.31. The summed E-state index contributed by atoms with van der Waals surface area (Å²) in [6.07, 6.45) is 3.91. The van der Waals surface area contributed by atoms with Crippen molar-refractivity contribution in [3.8, 4) is 0 Å². The molecule has 1 unspecified atom stereocenters. The molecule has 16 heavy (non-hydrogen) atoms. The molecule has 0 aromatic rings. The highest BCUT2D eigenvalue weighted by Gasteiger charge is 2.28. The van der Waals surface area contributed by atoms with Crippen LogP contribution in [0.25, 0.3) is 0 Å². The molecule has 1 amide bonds. The van der Waals surface area contributed by atoms with Crippen LogP contribution in [0, 0.1) is 5.92 Å². The molecule has 1 atom stereocenters. The van der Waals surface area contributed by atoms with Crippen LogP contribution in [0.2, 0.25) is 0 Å². The van der Waals surface area contributed by atoms with Gasteiger partial charge in [-0.1, -0.05) is 6.42 Å². The number of hydrogen-bond donors (Lipinski definition) is 1. The quantitative estimate of drug-likeness (QED) is 0.764. The Kier molecular flexibility index (Phi) is 4.18. The van der Waals surface area contributed by atoms with Gasteiger partial charge >= 0.3 is 0 Å². The van der Waals surface area contributed by atoms with Gasteiger partial charge in [0.25, 0.3) is 0 Å². The highest BCUT2D eigenvalue weighted by Crippen LogP contribution is 2.27. The third-order valence-electron chi connectivity index (χ3n) is 3.62. The predicted octanol–water partition coefficient (Wildman–Crippen LogP) is 0.623. The Morgan fingerprint density at radius 1 is 1.50 bits per heavy atom.